The number of ether oxygens (including phenoxy) is 2. The molecule has 0 saturated heterocycles. The summed E-state index contributed by atoms with van der Waals surface area (Å²) in [7, 11) is 0. The number of hydrogen-bond acceptors (Lipinski definition) is 4. The molecular weight excluding hydrogens is 595 g/mol. The molecule has 6 rings (SSSR count). The summed E-state index contributed by atoms with van der Waals surface area (Å²) in [5, 5.41) is 8.98. The summed E-state index contributed by atoms with van der Waals surface area (Å²) in [5.41, 5.74) is 4.62. The normalized spacial score (nSPS) is 15.5. The summed E-state index contributed by atoms with van der Waals surface area (Å²) in [5.74, 6) is 2.53. The maximum absolute atomic E-state index is 5.78. The standard InChI is InChI=1S/C26H16N4O2.Pt/c1-3-13-23-21(9-1)29-25(31-23)15-17-7-5-11-19(27-17)20-12-6-8-18(28-20)16-26-30-22-10-2-4-14-24(22)32-26;/h1-16H;/q-2;+2/b25-15+,26-16+;. The Hall–Kier alpha value is -3.89. The molecular formula is C26H16N4O2Pt. The van der Waals surface area contributed by atoms with Gasteiger partial charge in [-0.2, -0.15) is 0 Å². The average Bonchev–Trinajstić information content (AvgIpc) is 3.42. The molecule has 2 aliphatic heterocycles. The zero-order valence-electron chi connectivity index (χ0n) is 17.2. The van der Waals surface area contributed by atoms with Crippen LogP contribution >= 0.6 is 0 Å². The van der Waals surface area contributed by atoms with E-state index in [1.54, 1.807) is 0 Å². The molecule has 0 aliphatic carbocycles. The molecule has 2 aromatic carbocycles. The van der Waals surface area contributed by atoms with Crippen LogP contribution in [0.2, 0.25) is 0 Å². The zero-order chi connectivity index (χ0) is 21.3. The van der Waals surface area contributed by atoms with Crippen molar-refractivity contribution in [3.05, 3.63) is 119 Å². The first-order valence-electron chi connectivity index (χ1n) is 10.2. The predicted molar refractivity (Wildman–Crippen MR) is 124 cm³/mol. The molecule has 0 unspecified atom stereocenters. The molecule has 0 bridgehead atoms. The molecule has 0 atom stereocenters. The smallest absolute Gasteiger partial charge is 0.624 e. The van der Waals surface area contributed by atoms with Crippen molar-refractivity contribution in [2.45, 2.75) is 0 Å². The van der Waals surface area contributed by atoms with Gasteiger partial charge in [-0.15, -0.1) is 0 Å². The van der Waals surface area contributed by atoms with Gasteiger partial charge in [0.1, 0.15) is 11.5 Å². The first kappa shape index (κ1) is 21.0. The first-order valence-corrected chi connectivity index (χ1v) is 10.2. The maximum Gasteiger partial charge on any atom is 2.00 e. The second kappa shape index (κ2) is 8.92. The Morgan fingerprint density at radius 1 is 0.545 bits per heavy atom. The van der Waals surface area contributed by atoms with Gasteiger partial charge in [0.05, 0.1) is 22.8 Å². The Kier molecular flexibility index (Phi) is 5.67. The van der Waals surface area contributed by atoms with Gasteiger partial charge in [-0.3, -0.25) is 0 Å². The molecule has 0 fully saturated rings. The number of rotatable bonds is 3. The molecule has 33 heavy (non-hydrogen) atoms. The molecule has 0 radical (unpaired) electrons. The third-order valence-corrected chi connectivity index (χ3v) is 4.97. The fraction of sp³-hybridized carbons (Fsp3) is 0. The van der Waals surface area contributed by atoms with Crippen molar-refractivity contribution in [3.63, 3.8) is 0 Å². The van der Waals surface area contributed by atoms with Gasteiger partial charge in [-0.25, -0.2) is 9.97 Å². The number of nitrogens with zero attached hydrogens (tertiary/aromatic N) is 4. The second-order valence-electron chi connectivity index (χ2n) is 7.22. The fourth-order valence-electron chi connectivity index (χ4n) is 3.51. The third kappa shape index (κ3) is 4.38. The van der Waals surface area contributed by atoms with Crippen LogP contribution in [0.15, 0.2) is 96.7 Å². The Morgan fingerprint density at radius 2 is 1.00 bits per heavy atom. The van der Waals surface area contributed by atoms with Crippen molar-refractivity contribution in [1.29, 1.82) is 0 Å². The van der Waals surface area contributed by atoms with Gasteiger partial charge in [-0.1, -0.05) is 59.9 Å². The number of benzene rings is 2. The zero-order valence-corrected chi connectivity index (χ0v) is 19.4. The van der Waals surface area contributed by atoms with Gasteiger partial charge in [0, 0.05) is 11.8 Å². The largest absolute Gasteiger partial charge is 2.00 e. The predicted octanol–water partition coefficient (Wildman–Crippen LogP) is 6.93. The molecule has 2 aromatic heterocycles. The van der Waals surface area contributed by atoms with Crippen LogP contribution in [0.1, 0.15) is 11.4 Å². The summed E-state index contributed by atoms with van der Waals surface area (Å²) in [6.45, 7) is 0. The van der Waals surface area contributed by atoms with E-state index in [-0.39, 0.29) is 21.1 Å². The molecule has 2 aliphatic rings. The minimum absolute atomic E-state index is 0. The molecule has 6 nitrogen and oxygen atoms in total. The Balaban J connectivity index is 0.00000228. The SMILES string of the molecule is C(=C1/[N-]c2ccccc2O1)/c1cccc(-c2cccc(/C=C3\[N-]c4ccccc4O3)n2)n1.[Pt+2]. The number of pyridine rings is 2. The van der Waals surface area contributed by atoms with E-state index < -0.39 is 0 Å². The van der Waals surface area contributed by atoms with Crippen molar-refractivity contribution in [1.82, 2.24) is 9.97 Å². The summed E-state index contributed by atoms with van der Waals surface area (Å²) >= 11 is 0. The number of aromatic nitrogens is 2. The summed E-state index contributed by atoms with van der Waals surface area (Å²) in [4.78, 5) is 9.44. The quantitative estimate of drug-likeness (QED) is 0.252. The van der Waals surface area contributed by atoms with Crippen LogP contribution in [-0.4, -0.2) is 9.97 Å². The molecule has 4 heterocycles. The molecule has 0 spiro atoms. The van der Waals surface area contributed by atoms with Gasteiger partial charge in [0.25, 0.3) is 0 Å². The number of para-hydroxylation sites is 4. The number of fused-ring (bicyclic) bond motifs is 2. The first-order chi connectivity index (χ1) is 15.8. The minimum atomic E-state index is 0. The van der Waals surface area contributed by atoms with E-state index in [9.17, 15) is 0 Å². The van der Waals surface area contributed by atoms with E-state index in [0.29, 0.717) is 11.8 Å². The van der Waals surface area contributed by atoms with Gasteiger partial charge in [0.15, 0.2) is 0 Å². The van der Waals surface area contributed by atoms with E-state index in [4.69, 9.17) is 19.4 Å². The minimum Gasteiger partial charge on any atom is -0.624 e. The van der Waals surface area contributed by atoms with Crippen LogP contribution in [-0.2, 0) is 21.1 Å². The van der Waals surface area contributed by atoms with Crippen LogP contribution < -0.4 is 9.47 Å². The third-order valence-electron chi connectivity index (χ3n) is 4.97. The van der Waals surface area contributed by atoms with E-state index in [2.05, 4.69) is 10.6 Å². The average molecular weight is 612 g/mol. The van der Waals surface area contributed by atoms with Crippen LogP contribution in [0.4, 0.5) is 11.4 Å². The van der Waals surface area contributed by atoms with Gasteiger partial charge in [0.2, 0.25) is 0 Å². The Labute approximate surface area is 205 Å². The van der Waals surface area contributed by atoms with Gasteiger partial charge in [-0.05, 0) is 48.6 Å². The maximum atomic E-state index is 5.78. The van der Waals surface area contributed by atoms with Crippen LogP contribution in [0.3, 0.4) is 0 Å². The van der Waals surface area contributed by atoms with Crippen molar-refractivity contribution < 1.29 is 30.5 Å². The van der Waals surface area contributed by atoms with E-state index >= 15 is 0 Å². The van der Waals surface area contributed by atoms with Gasteiger partial charge < -0.3 is 20.1 Å². The second-order valence-corrected chi connectivity index (χ2v) is 7.22. The molecule has 0 saturated carbocycles. The summed E-state index contributed by atoms with van der Waals surface area (Å²) in [6, 6.07) is 26.9. The number of hydrogen-bond donors (Lipinski definition) is 0. The van der Waals surface area contributed by atoms with Crippen LogP contribution in [0.5, 0.6) is 11.5 Å². The molecule has 7 heteroatoms. The van der Waals surface area contributed by atoms with E-state index in [0.717, 1.165) is 45.6 Å². The monoisotopic (exact) mass is 611 g/mol. The van der Waals surface area contributed by atoms with Crippen LogP contribution in [0.25, 0.3) is 34.2 Å². The van der Waals surface area contributed by atoms with E-state index in [1.165, 1.54) is 0 Å². The van der Waals surface area contributed by atoms with E-state index in [1.807, 2.05) is 97.1 Å². The Morgan fingerprint density at radius 3 is 1.45 bits per heavy atom. The van der Waals surface area contributed by atoms with Crippen molar-refractivity contribution >= 4 is 23.5 Å². The topological polar surface area (TPSA) is 72.4 Å². The molecule has 0 amide bonds. The Bertz CT molecular complexity index is 1240. The molecule has 0 N–H and O–H groups in total. The molecule has 4 aromatic rings. The van der Waals surface area contributed by atoms with Crippen molar-refractivity contribution in [2.24, 2.45) is 0 Å². The van der Waals surface area contributed by atoms with Crippen molar-refractivity contribution in [3.8, 4) is 22.9 Å². The summed E-state index contributed by atoms with van der Waals surface area (Å²) < 4.78 is 11.6. The van der Waals surface area contributed by atoms with Crippen molar-refractivity contribution in [2.75, 3.05) is 0 Å². The molecule has 162 valence electrons. The fourth-order valence-corrected chi connectivity index (χ4v) is 3.51. The van der Waals surface area contributed by atoms with Crippen LogP contribution in [0, 0.1) is 0 Å². The van der Waals surface area contributed by atoms with Gasteiger partial charge >= 0.3 is 21.1 Å². The summed E-state index contributed by atoms with van der Waals surface area (Å²) in [6.07, 6.45) is 3.63.